The number of methoxy groups -OCH3 is 1. The minimum Gasteiger partial charge on any atom is -0.383 e. The molecule has 19 heavy (non-hydrogen) atoms. The van der Waals surface area contributed by atoms with Crippen LogP contribution in [-0.2, 0) is 15.0 Å². The zero-order valence-corrected chi connectivity index (χ0v) is 12.9. The minimum absolute atomic E-state index is 0.0598. The molecule has 0 aromatic carbocycles. The van der Waals surface area contributed by atoms with Crippen molar-refractivity contribution in [2.75, 3.05) is 26.9 Å². The lowest BCUT2D eigenvalue weighted by atomic mass is 9.79. The van der Waals surface area contributed by atoms with Crippen molar-refractivity contribution in [1.29, 1.82) is 0 Å². The first kappa shape index (κ1) is 14.9. The highest BCUT2D eigenvalue weighted by molar-refractivity contribution is 7.09. The fourth-order valence-electron chi connectivity index (χ4n) is 2.74. The lowest BCUT2D eigenvalue weighted by molar-refractivity contribution is -0.104. The summed E-state index contributed by atoms with van der Waals surface area (Å²) in [5.74, 6) is 0. The molecule has 1 aliphatic heterocycles. The van der Waals surface area contributed by atoms with Gasteiger partial charge in [0.25, 0.3) is 0 Å². The second-order valence-corrected chi connectivity index (χ2v) is 6.31. The second-order valence-electron chi connectivity index (χ2n) is 5.42. The smallest absolute Gasteiger partial charge is 0.113 e. The van der Waals surface area contributed by atoms with Crippen molar-refractivity contribution in [3.05, 3.63) is 16.6 Å². The summed E-state index contributed by atoms with van der Waals surface area (Å²) in [5.41, 5.74) is -0.125. The molecule has 108 valence electrons. The summed E-state index contributed by atoms with van der Waals surface area (Å²) >= 11 is 1.73. The van der Waals surface area contributed by atoms with Crippen LogP contribution in [0, 0.1) is 0 Å². The standard InChI is InChI=1S/C14H24N2O2S/c1-4-13(2)11-14(5-8-18-13,16-6-9-17-3)12-15-7-10-19-12/h7,10,16H,4-6,8-9,11H2,1-3H3. The normalized spacial score (nSPS) is 31.5. The molecule has 0 aliphatic carbocycles. The molecular formula is C14H24N2O2S. The van der Waals surface area contributed by atoms with Gasteiger partial charge in [0.05, 0.1) is 17.7 Å². The predicted molar refractivity (Wildman–Crippen MR) is 77.6 cm³/mol. The topological polar surface area (TPSA) is 43.4 Å². The minimum atomic E-state index is -0.0655. The van der Waals surface area contributed by atoms with Gasteiger partial charge in [-0.05, 0) is 19.8 Å². The summed E-state index contributed by atoms with van der Waals surface area (Å²) in [7, 11) is 1.73. The van der Waals surface area contributed by atoms with E-state index in [0.717, 1.165) is 39.0 Å². The maximum Gasteiger partial charge on any atom is 0.113 e. The molecule has 5 heteroatoms. The Morgan fingerprint density at radius 2 is 2.42 bits per heavy atom. The number of nitrogens with one attached hydrogen (secondary N) is 1. The Morgan fingerprint density at radius 3 is 3.05 bits per heavy atom. The lowest BCUT2D eigenvalue weighted by Crippen LogP contribution is -2.54. The average molecular weight is 284 g/mol. The van der Waals surface area contributed by atoms with Gasteiger partial charge in [-0.3, -0.25) is 0 Å². The molecule has 1 aromatic rings. The zero-order chi connectivity index (χ0) is 13.8. The molecule has 2 atom stereocenters. The summed E-state index contributed by atoms with van der Waals surface area (Å²) < 4.78 is 11.1. The van der Waals surface area contributed by atoms with Gasteiger partial charge in [0.1, 0.15) is 5.01 Å². The number of nitrogens with zero attached hydrogens (tertiary/aromatic N) is 1. The molecule has 2 unspecified atom stereocenters. The molecule has 0 radical (unpaired) electrons. The molecule has 1 fully saturated rings. The molecule has 0 spiro atoms. The van der Waals surface area contributed by atoms with Gasteiger partial charge in [-0.1, -0.05) is 6.92 Å². The molecule has 4 nitrogen and oxygen atoms in total. The second kappa shape index (κ2) is 6.31. The monoisotopic (exact) mass is 284 g/mol. The van der Waals surface area contributed by atoms with Gasteiger partial charge in [-0.25, -0.2) is 4.98 Å². The summed E-state index contributed by atoms with van der Waals surface area (Å²) in [6.07, 6.45) is 4.85. The summed E-state index contributed by atoms with van der Waals surface area (Å²) in [6, 6.07) is 0. The SMILES string of the molecule is CCC1(C)CC(NCCOC)(c2nccs2)CCO1. The van der Waals surface area contributed by atoms with Crippen LogP contribution in [0.1, 0.15) is 38.1 Å². The van der Waals surface area contributed by atoms with Gasteiger partial charge in [-0.2, -0.15) is 0 Å². The van der Waals surface area contributed by atoms with Gasteiger partial charge >= 0.3 is 0 Å². The first-order valence-electron chi connectivity index (χ1n) is 6.92. The Bertz CT molecular complexity index is 385. The third kappa shape index (κ3) is 3.34. The molecule has 2 heterocycles. The van der Waals surface area contributed by atoms with Crippen LogP contribution in [0.3, 0.4) is 0 Å². The molecule has 1 N–H and O–H groups in total. The Hall–Kier alpha value is -0.490. The van der Waals surface area contributed by atoms with Gasteiger partial charge < -0.3 is 14.8 Å². The number of aromatic nitrogens is 1. The summed E-state index contributed by atoms with van der Waals surface area (Å²) in [4.78, 5) is 4.55. The van der Waals surface area contributed by atoms with E-state index in [9.17, 15) is 0 Å². The number of hydrogen-bond acceptors (Lipinski definition) is 5. The van der Waals surface area contributed by atoms with E-state index >= 15 is 0 Å². The number of rotatable bonds is 6. The summed E-state index contributed by atoms with van der Waals surface area (Å²) in [5, 5.41) is 6.89. The van der Waals surface area contributed by atoms with Crippen molar-refractivity contribution in [1.82, 2.24) is 10.3 Å². The number of hydrogen-bond donors (Lipinski definition) is 1. The predicted octanol–water partition coefficient (Wildman–Crippen LogP) is 2.55. The highest BCUT2D eigenvalue weighted by Crippen LogP contribution is 2.41. The largest absolute Gasteiger partial charge is 0.383 e. The van der Waals surface area contributed by atoms with E-state index in [4.69, 9.17) is 9.47 Å². The van der Waals surface area contributed by atoms with Crippen molar-refractivity contribution in [2.45, 2.75) is 44.2 Å². The maximum absolute atomic E-state index is 5.98. The van der Waals surface area contributed by atoms with Crippen LogP contribution in [0.2, 0.25) is 0 Å². The number of ether oxygens (including phenoxy) is 2. The van der Waals surface area contributed by atoms with E-state index in [1.807, 2.05) is 11.6 Å². The lowest BCUT2D eigenvalue weighted by Gasteiger charge is -2.45. The Labute approximate surface area is 119 Å². The quantitative estimate of drug-likeness (QED) is 0.815. The van der Waals surface area contributed by atoms with Crippen molar-refractivity contribution in [3.63, 3.8) is 0 Å². The van der Waals surface area contributed by atoms with Crippen LogP contribution in [0.15, 0.2) is 11.6 Å². The highest BCUT2D eigenvalue weighted by Gasteiger charge is 2.44. The van der Waals surface area contributed by atoms with E-state index in [1.54, 1.807) is 18.4 Å². The van der Waals surface area contributed by atoms with E-state index in [0.29, 0.717) is 0 Å². The van der Waals surface area contributed by atoms with Crippen molar-refractivity contribution >= 4 is 11.3 Å². The molecule has 1 saturated heterocycles. The average Bonchev–Trinajstić information content (AvgIpc) is 2.94. The van der Waals surface area contributed by atoms with Crippen LogP contribution in [0.4, 0.5) is 0 Å². The molecule has 0 amide bonds. The van der Waals surface area contributed by atoms with Crippen molar-refractivity contribution in [2.24, 2.45) is 0 Å². The Morgan fingerprint density at radius 1 is 1.58 bits per heavy atom. The molecule has 1 aromatic heterocycles. The molecule has 1 aliphatic rings. The Balaban J connectivity index is 2.19. The fourth-order valence-corrected chi connectivity index (χ4v) is 3.58. The van der Waals surface area contributed by atoms with E-state index in [1.165, 1.54) is 5.01 Å². The molecule has 2 rings (SSSR count). The van der Waals surface area contributed by atoms with E-state index in [-0.39, 0.29) is 11.1 Å². The molecule has 0 saturated carbocycles. The van der Waals surface area contributed by atoms with Crippen LogP contribution in [-0.4, -0.2) is 37.5 Å². The van der Waals surface area contributed by atoms with Gasteiger partial charge in [0, 0.05) is 38.3 Å². The molecule has 0 bridgehead atoms. The van der Waals surface area contributed by atoms with Crippen LogP contribution in [0.5, 0.6) is 0 Å². The number of thiazole rings is 1. The van der Waals surface area contributed by atoms with Crippen molar-refractivity contribution in [3.8, 4) is 0 Å². The van der Waals surface area contributed by atoms with Gasteiger partial charge in [-0.15, -0.1) is 11.3 Å². The third-order valence-corrected chi connectivity index (χ3v) is 4.99. The molecular weight excluding hydrogens is 260 g/mol. The fraction of sp³-hybridized carbons (Fsp3) is 0.786. The first-order chi connectivity index (χ1) is 9.14. The van der Waals surface area contributed by atoms with E-state index in [2.05, 4.69) is 24.1 Å². The summed E-state index contributed by atoms with van der Waals surface area (Å²) in [6.45, 7) is 6.73. The maximum atomic E-state index is 5.98. The zero-order valence-electron chi connectivity index (χ0n) is 12.1. The van der Waals surface area contributed by atoms with Crippen LogP contribution in [0.25, 0.3) is 0 Å². The van der Waals surface area contributed by atoms with Crippen molar-refractivity contribution < 1.29 is 9.47 Å². The highest BCUT2D eigenvalue weighted by atomic mass is 32.1. The van der Waals surface area contributed by atoms with Crippen LogP contribution < -0.4 is 5.32 Å². The first-order valence-corrected chi connectivity index (χ1v) is 7.80. The van der Waals surface area contributed by atoms with Crippen LogP contribution >= 0.6 is 11.3 Å². The van der Waals surface area contributed by atoms with Gasteiger partial charge in [0.15, 0.2) is 0 Å². The third-order valence-electron chi connectivity index (χ3n) is 4.01. The van der Waals surface area contributed by atoms with Gasteiger partial charge in [0.2, 0.25) is 0 Å². The Kier molecular flexibility index (Phi) is 4.95. The van der Waals surface area contributed by atoms with E-state index < -0.39 is 0 Å².